The Labute approximate surface area is 133 Å². The summed E-state index contributed by atoms with van der Waals surface area (Å²) in [6.07, 6.45) is 1.43. The van der Waals surface area contributed by atoms with E-state index < -0.39 is 4.92 Å². The van der Waals surface area contributed by atoms with Gasteiger partial charge in [0.2, 0.25) is 5.88 Å². The quantitative estimate of drug-likeness (QED) is 0.311. The van der Waals surface area contributed by atoms with Crippen molar-refractivity contribution in [3.8, 4) is 5.88 Å². The number of halogens is 1. The normalized spacial score (nSPS) is 10.6. The fourth-order valence-corrected chi connectivity index (χ4v) is 2.27. The van der Waals surface area contributed by atoms with E-state index in [2.05, 4.69) is 15.0 Å². The van der Waals surface area contributed by atoms with Crippen molar-refractivity contribution >= 4 is 40.5 Å². The number of fused-ring (bicyclic) bond motifs is 1. The van der Waals surface area contributed by atoms with Gasteiger partial charge in [-0.3, -0.25) is 10.1 Å². The summed E-state index contributed by atoms with van der Waals surface area (Å²) in [5.74, 6) is 0.306. The summed E-state index contributed by atoms with van der Waals surface area (Å²) in [7, 11) is 0. The third kappa shape index (κ3) is 3.23. The minimum absolute atomic E-state index is 0.0257. The summed E-state index contributed by atoms with van der Waals surface area (Å²) in [6.45, 7) is 0. The molecule has 0 N–H and O–H groups in total. The maximum atomic E-state index is 10.6. The van der Waals surface area contributed by atoms with Gasteiger partial charge in [0.1, 0.15) is 10.7 Å². The van der Waals surface area contributed by atoms with Crippen molar-refractivity contribution < 1.29 is 9.11 Å². The van der Waals surface area contributed by atoms with Crippen molar-refractivity contribution in [1.82, 2.24) is 15.0 Å². The SMILES string of the molecule is O=[N+]([O-])c1ccc(SOc2cnc3nc(Cl)ccc3n2)cc1. The van der Waals surface area contributed by atoms with Crippen LogP contribution in [0.5, 0.6) is 5.88 Å². The predicted molar refractivity (Wildman–Crippen MR) is 81.9 cm³/mol. The highest BCUT2D eigenvalue weighted by atomic mass is 35.5. The monoisotopic (exact) mass is 334 g/mol. The van der Waals surface area contributed by atoms with Gasteiger partial charge < -0.3 is 4.18 Å². The third-order valence-corrected chi connectivity index (χ3v) is 3.55. The molecular weight excluding hydrogens is 328 g/mol. The van der Waals surface area contributed by atoms with Crippen LogP contribution in [0.4, 0.5) is 5.69 Å². The van der Waals surface area contributed by atoms with Crippen LogP contribution in [0.15, 0.2) is 47.5 Å². The van der Waals surface area contributed by atoms with Crippen LogP contribution in [-0.4, -0.2) is 19.9 Å². The van der Waals surface area contributed by atoms with Crippen LogP contribution in [0.2, 0.25) is 5.15 Å². The number of benzene rings is 1. The van der Waals surface area contributed by atoms with Crippen LogP contribution in [0, 0.1) is 10.1 Å². The highest BCUT2D eigenvalue weighted by molar-refractivity contribution is 7.95. The van der Waals surface area contributed by atoms with Crippen LogP contribution >= 0.6 is 23.6 Å². The first-order valence-electron chi connectivity index (χ1n) is 6.00. The molecule has 0 aliphatic heterocycles. The lowest BCUT2D eigenvalue weighted by Crippen LogP contribution is -1.92. The zero-order chi connectivity index (χ0) is 15.5. The van der Waals surface area contributed by atoms with Gasteiger partial charge >= 0.3 is 0 Å². The lowest BCUT2D eigenvalue weighted by atomic mass is 10.3. The molecule has 7 nitrogen and oxygen atoms in total. The molecule has 0 spiro atoms. The summed E-state index contributed by atoms with van der Waals surface area (Å²) < 4.78 is 5.44. The second-order valence-electron chi connectivity index (χ2n) is 4.10. The van der Waals surface area contributed by atoms with Crippen LogP contribution in [-0.2, 0) is 0 Å². The Morgan fingerprint density at radius 3 is 2.64 bits per heavy atom. The molecule has 3 rings (SSSR count). The molecule has 0 radical (unpaired) electrons. The number of nitro groups is 1. The highest BCUT2D eigenvalue weighted by Crippen LogP contribution is 2.24. The van der Waals surface area contributed by atoms with Gasteiger partial charge in [-0.05, 0) is 24.3 Å². The largest absolute Gasteiger partial charge is 0.399 e. The van der Waals surface area contributed by atoms with Crippen molar-refractivity contribution in [2.75, 3.05) is 0 Å². The van der Waals surface area contributed by atoms with Gasteiger partial charge in [-0.15, -0.1) is 0 Å². The lowest BCUT2D eigenvalue weighted by Gasteiger charge is -2.03. The van der Waals surface area contributed by atoms with Gasteiger partial charge in [-0.25, -0.2) is 15.0 Å². The molecule has 9 heteroatoms. The summed E-state index contributed by atoms with van der Waals surface area (Å²) in [4.78, 5) is 23.2. The standard InChI is InChI=1S/C13H7ClN4O3S/c14-11-6-5-10-13(17-11)15-7-12(16-10)21-22-9-3-1-8(2-4-9)18(19)20/h1-7H. The van der Waals surface area contributed by atoms with Gasteiger partial charge in [0, 0.05) is 17.0 Å². The molecule has 2 heterocycles. The fourth-order valence-electron chi connectivity index (χ4n) is 1.62. The minimum Gasteiger partial charge on any atom is -0.399 e. The maximum Gasteiger partial charge on any atom is 0.269 e. The van der Waals surface area contributed by atoms with Crippen LogP contribution in [0.1, 0.15) is 0 Å². The molecule has 0 fully saturated rings. The minimum atomic E-state index is -0.456. The second-order valence-corrected chi connectivity index (χ2v) is 5.29. The summed E-state index contributed by atoms with van der Waals surface area (Å²) in [6, 6.07) is 9.32. The molecule has 0 atom stereocenters. The Bertz CT molecular complexity index is 844. The summed E-state index contributed by atoms with van der Waals surface area (Å²) in [5.41, 5.74) is 1.02. The third-order valence-electron chi connectivity index (χ3n) is 2.62. The van der Waals surface area contributed by atoms with E-state index >= 15 is 0 Å². The first-order valence-corrected chi connectivity index (χ1v) is 7.12. The number of pyridine rings is 1. The molecule has 0 aliphatic rings. The van der Waals surface area contributed by atoms with Crippen molar-refractivity contribution in [3.05, 3.63) is 57.9 Å². The molecule has 0 saturated heterocycles. The van der Waals surface area contributed by atoms with E-state index in [4.69, 9.17) is 15.8 Å². The number of non-ortho nitro benzene ring substituents is 1. The van der Waals surface area contributed by atoms with Crippen LogP contribution < -0.4 is 4.18 Å². The fraction of sp³-hybridized carbons (Fsp3) is 0. The molecule has 2 aromatic heterocycles. The first kappa shape index (κ1) is 14.5. The maximum absolute atomic E-state index is 10.6. The van der Waals surface area contributed by atoms with Crippen molar-refractivity contribution in [3.63, 3.8) is 0 Å². The lowest BCUT2D eigenvalue weighted by molar-refractivity contribution is -0.384. The second kappa shape index (κ2) is 6.12. The zero-order valence-corrected chi connectivity index (χ0v) is 12.4. The van der Waals surface area contributed by atoms with Gasteiger partial charge in [-0.2, -0.15) is 0 Å². The molecule has 0 saturated carbocycles. The molecule has 22 heavy (non-hydrogen) atoms. The molecule has 3 aromatic rings. The average molecular weight is 335 g/mol. The van der Waals surface area contributed by atoms with Gasteiger partial charge in [0.25, 0.3) is 5.69 Å². The molecule has 110 valence electrons. The molecular formula is C13H7ClN4O3S. The number of aromatic nitrogens is 3. The van der Waals surface area contributed by atoms with Crippen LogP contribution in [0.3, 0.4) is 0 Å². The molecule has 0 unspecified atom stereocenters. The van der Waals surface area contributed by atoms with E-state index in [0.717, 1.165) is 12.0 Å². The Hall–Kier alpha value is -2.45. The average Bonchev–Trinajstić information content (AvgIpc) is 2.53. The Morgan fingerprint density at radius 1 is 1.14 bits per heavy atom. The summed E-state index contributed by atoms with van der Waals surface area (Å²) in [5, 5.41) is 10.9. The Balaban J connectivity index is 1.73. The number of rotatable bonds is 4. The number of nitro benzene ring substituents is 1. The number of hydrogen-bond donors (Lipinski definition) is 0. The van der Waals surface area contributed by atoms with E-state index in [1.54, 1.807) is 24.3 Å². The van der Waals surface area contributed by atoms with Gasteiger partial charge in [0.15, 0.2) is 5.65 Å². The van der Waals surface area contributed by atoms with E-state index in [1.807, 2.05) is 0 Å². The van der Waals surface area contributed by atoms with E-state index in [0.29, 0.717) is 27.1 Å². The Morgan fingerprint density at radius 2 is 1.91 bits per heavy atom. The van der Waals surface area contributed by atoms with E-state index in [1.165, 1.54) is 18.3 Å². The van der Waals surface area contributed by atoms with E-state index in [-0.39, 0.29) is 5.69 Å². The van der Waals surface area contributed by atoms with Crippen molar-refractivity contribution in [2.24, 2.45) is 0 Å². The molecule has 0 amide bonds. The number of nitrogens with zero attached hydrogens (tertiary/aromatic N) is 4. The smallest absolute Gasteiger partial charge is 0.269 e. The highest BCUT2D eigenvalue weighted by Gasteiger charge is 2.07. The predicted octanol–water partition coefficient (Wildman–Crippen LogP) is 3.67. The van der Waals surface area contributed by atoms with Crippen LogP contribution in [0.25, 0.3) is 11.2 Å². The van der Waals surface area contributed by atoms with Gasteiger partial charge in [-0.1, -0.05) is 11.6 Å². The Kier molecular flexibility index (Phi) is 4.03. The van der Waals surface area contributed by atoms with E-state index in [9.17, 15) is 10.1 Å². The summed E-state index contributed by atoms with van der Waals surface area (Å²) >= 11 is 6.81. The number of hydrogen-bond acceptors (Lipinski definition) is 7. The zero-order valence-electron chi connectivity index (χ0n) is 10.8. The van der Waals surface area contributed by atoms with Gasteiger partial charge in [0.05, 0.1) is 23.2 Å². The molecule has 1 aromatic carbocycles. The van der Waals surface area contributed by atoms with Crippen molar-refractivity contribution in [2.45, 2.75) is 4.90 Å². The molecule has 0 bridgehead atoms. The molecule has 0 aliphatic carbocycles. The topological polar surface area (TPSA) is 91.0 Å². The first-order chi connectivity index (χ1) is 10.6. The van der Waals surface area contributed by atoms with Crippen molar-refractivity contribution in [1.29, 1.82) is 0 Å².